The number of carbonyl (C=O) groups excluding carboxylic acids is 1. The Hall–Kier alpha value is -2.31. The molecule has 2 aromatic rings. The van der Waals surface area contributed by atoms with Crippen LogP contribution in [0, 0.1) is 0 Å². The van der Waals surface area contributed by atoms with Gasteiger partial charge in [-0.3, -0.25) is 9.69 Å². The molecule has 12 heteroatoms. The van der Waals surface area contributed by atoms with Gasteiger partial charge >= 0.3 is 0 Å². The summed E-state index contributed by atoms with van der Waals surface area (Å²) in [4.78, 5) is 16.7. The van der Waals surface area contributed by atoms with Crippen LogP contribution in [0.25, 0.3) is 11.4 Å². The SMILES string of the molecule is CCOc1ccc(-c2nnc(SCC(=O)N3CCN(C4CCS(=O)(=O)C4)CC3)n2N)cc1. The van der Waals surface area contributed by atoms with E-state index in [4.69, 9.17) is 10.6 Å². The predicted octanol–water partition coefficient (Wildman–Crippen LogP) is 0.481. The third-order valence-electron chi connectivity index (χ3n) is 5.80. The molecule has 1 aromatic carbocycles. The van der Waals surface area contributed by atoms with Crippen LogP contribution in [0.3, 0.4) is 0 Å². The molecule has 1 unspecified atom stereocenters. The van der Waals surface area contributed by atoms with Crippen LogP contribution in [0.2, 0.25) is 0 Å². The summed E-state index contributed by atoms with van der Waals surface area (Å²) >= 11 is 1.26. The summed E-state index contributed by atoms with van der Waals surface area (Å²) in [5, 5.41) is 8.76. The summed E-state index contributed by atoms with van der Waals surface area (Å²) in [6.45, 7) is 5.12. The lowest BCUT2D eigenvalue weighted by atomic mass is 10.2. The molecule has 4 rings (SSSR count). The Bertz CT molecular complexity index is 1050. The molecular formula is C20H28N6O4S2. The van der Waals surface area contributed by atoms with E-state index in [1.165, 1.54) is 16.4 Å². The fraction of sp³-hybridized carbons (Fsp3) is 0.550. The zero-order valence-corrected chi connectivity index (χ0v) is 19.6. The molecule has 2 aliphatic heterocycles. The Morgan fingerprint density at radius 1 is 1.19 bits per heavy atom. The van der Waals surface area contributed by atoms with Crippen molar-refractivity contribution in [3.8, 4) is 17.1 Å². The van der Waals surface area contributed by atoms with Gasteiger partial charge in [-0.1, -0.05) is 11.8 Å². The highest BCUT2D eigenvalue weighted by Crippen LogP contribution is 2.24. The zero-order valence-electron chi connectivity index (χ0n) is 18.0. The number of benzene rings is 1. The average molecular weight is 481 g/mol. The van der Waals surface area contributed by atoms with Gasteiger partial charge < -0.3 is 15.5 Å². The third kappa shape index (κ3) is 5.18. The maximum absolute atomic E-state index is 12.7. The number of rotatable bonds is 7. The second-order valence-electron chi connectivity index (χ2n) is 7.90. The minimum absolute atomic E-state index is 0.0133. The van der Waals surface area contributed by atoms with Gasteiger partial charge in [-0.05, 0) is 37.6 Å². The summed E-state index contributed by atoms with van der Waals surface area (Å²) in [5.41, 5.74) is 0.812. The van der Waals surface area contributed by atoms with Gasteiger partial charge in [0, 0.05) is 37.8 Å². The van der Waals surface area contributed by atoms with Crippen LogP contribution in [-0.2, 0) is 14.6 Å². The predicted molar refractivity (Wildman–Crippen MR) is 123 cm³/mol. The van der Waals surface area contributed by atoms with Gasteiger partial charge in [0.1, 0.15) is 5.75 Å². The van der Waals surface area contributed by atoms with E-state index in [1.807, 2.05) is 36.1 Å². The number of aromatic nitrogens is 3. The number of nitrogen functional groups attached to an aromatic ring is 1. The van der Waals surface area contributed by atoms with Gasteiger partial charge in [-0.2, -0.15) is 0 Å². The Balaban J connectivity index is 1.28. The number of piperazine rings is 1. The number of hydrogen-bond acceptors (Lipinski definition) is 9. The van der Waals surface area contributed by atoms with Crippen molar-refractivity contribution in [2.75, 3.05) is 55.9 Å². The van der Waals surface area contributed by atoms with E-state index < -0.39 is 9.84 Å². The van der Waals surface area contributed by atoms with Gasteiger partial charge in [0.05, 0.1) is 23.9 Å². The molecule has 174 valence electrons. The van der Waals surface area contributed by atoms with E-state index in [0.717, 1.165) is 11.3 Å². The lowest BCUT2D eigenvalue weighted by Crippen LogP contribution is -2.52. The van der Waals surface area contributed by atoms with E-state index >= 15 is 0 Å². The van der Waals surface area contributed by atoms with Crippen molar-refractivity contribution in [2.45, 2.75) is 24.5 Å². The first-order valence-corrected chi connectivity index (χ1v) is 13.5. The van der Waals surface area contributed by atoms with E-state index in [1.54, 1.807) is 0 Å². The summed E-state index contributed by atoms with van der Waals surface area (Å²) < 4.78 is 30.3. The standard InChI is InChI=1S/C20H28N6O4S2/c1-2-30-17-5-3-15(4-6-17)19-22-23-20(26(19)21)31-13-18(27)25-10-8-24(9-11-25)16-7-12-32(28,29)14-16/h3-6,16H,2,7-14,21H2,1H3. The van der Waals surface area contributed by atoms with Gasteiger partial charge in [0.2, 0.25) is 11.1 Å². The van der Waals surface area contributed by atoms with Gasteiger partial charge in [-0.15, -0.1) is 10.2 Å². The van der Waals surface area contributed by atoms with Crippen LogP contribution < -0.4 is 10.6 Å². The molecule has 2 N–H and O–H groups in total. The Morgan fingerprint density at radius 3 is 2.53 bits per heavy atom. The molecule has 0 radical (unpaired) electrons. The molecule has 2 saturated heterocycles. The number of thioether (sulfide) groups is 1. The molecule has 2 fully saturated rings. The molecule has 0 aliphatic carbocycles. The zero-order chi connectivity index (χ0) is 22.7. The first-order chi connectivity index (χ1) is 15.4. The molecule has 10 nitrogen and oxygen atoms in total. The number of carbonyl (C=O) groups is 1. The fourth-order valence-electron chi connectivity index (χ4n) is 4.06. The van der Waals surface area contributed by atoms with Crippen molar-refractivity contribution in [2.24, 2.45) is 0 Å². The first-order valence-electron chi connectivity index (χ1n) is 10.6. The van der Waals surface area contributed by atoms with Gasteiger partial charge in [0.25, 0.3) is 0 Å². The highest BCUT2D eigenvalue weighted by atomic mass is 32.2. The average Bonchev–Trinajstić information content (AvgIpc) is 3.34. The number of hydrogen-bond donors (Lipinski definition) is 1. The molecular weight excluding hydrogens is 452 g/mol. The van der Waals surface area contributed by atoms with Crippen LogP contribution in [0.1, 0.15) is 13.3 Å². The number of ether oxygens (including phenoxy) is 1. The summed E-state index contributed by atoms with van der Waals surface area (Å²) in [5.74, 6) is 8.19. The highest BCUT2D eigenvalue weighted by molar-refractivity contribution is 7.99. The van der Waals surface area contributed by atoms with Crippen molar-refractivity contribution < 1.29 is 17.9 Å². The summed E-state index contributed by atoms with van der Waals surface area (Å²) in [6, 6.07) is 7.53. The Kier molecular flexibility index (Phi) is 6.91. The van der Waals surface area contributed by atoms with Crippen LogP contribution in [0.4, 0.5) is 0 Å². The molecule has 32 heavy (non-hydrogen) atoms. The van der Waals surface area contributed by atoms with Crippen molar-refractivity contribution in [1.82, 2.24) is 24.7 Å². The minimum atomic E-state index is -2.90. The van der Waals surface area contributed by atoms with Crippen molar-refractivity contribution in [1.29, 1.82) is 0 Å². The van der Waals surface area contributed by atoms with E-state index in [9.17, 15) is 13.2 Å². The molecule has 1 amide bonds. The quantitative estimate of drug-likeness (QED) is 0.445. The number of nitrogens with zero attached hydrogens (tertiary/aromatic N) is 5. The molecule has 0 spiro atoms. The van der Waals surface area contributed by atoms with Crippen molar-refractivity contribution in [3.63, 3.8) is 0 Å². The molecule has 1 atom stereocenters. The Morgan fingerprint density at radius 2 is 1.91 bits per heavy atom. The number of nitrogens with two attached hydrogens (primary N) is 1. The highest BCUT2D eigenvalue weighted by Gasteiger charge is 2.34. The smallest absolute Gasteiger partial charge is 0.233 e. The largest absolute Gasteiger partial charge is 0.494 e. The van der Waals surface area contributed by atoms with Crippen LogP contribution in [0.5, 0.6) is 5.75 Å². The molecule has 2 aliphatic rings. The van der Waals surface area contributed by atoms with E-state index in [-0.39, 0.29) is 29.2 Å². The summed E-state index contributed by atoms with van der Waals surface area (Å²) in [7, 11) is -2.90. The van der Waals surface area contributed by atoms with E-state index in [2.05, 4.69) is 15.1 Å². The lowest BCUT2D eigenvalue weighted by Gasteiger charge is -2.37. The van der Waals surface area contributed by atoms with Crippen molar-refractivity contribution >= 4 is 27.5 Å². The maximum atomic E-state index is 12.7. The molecule has 3 heterocycles. The monoisotopic (exact) mass is 480 g/mol. The minimum Gasteiger partial charge on any atom is -0.494 e. The van der Waals surface area contributed by atoms with Crippen molar-refractivity contribution in [3.05, 3.63) is 24.3 Å². The molecule has 0 saturated carbocycles. The molecule has 1 aromatic heterocycles. The van der Waals surface area contributed by atoms with E-state index in [0.29, 0.717) is 50.2 Å². The number of amides is 1. The van der Waals surface area contributed by atoms with Gasteiger partial charge in [-0.25, -0.2) is 13.1 Å². The van der Waals surface area contributed by atoms with Gasteiger partial charge in [0.15, 0.2) is 15.7 Å². The topological polar surface area (TPSA) is 124 Å². The molecule has 0 bridgehead atoms. The first kappa shape index (κ1) is 22.9. The van der Waals surface area contributed by atoms with Crippen LogP contribution in [-0.4, -0.2) is 95.1 Å². The maximum Gasteiger partial charge on any atom is 0.233 e. The number of sulfone groups is 1. The second kappa shape index (κ2) is 9.67. The summed E-state index contributed by atoms with van der Waals surface area (Å²) in [6.07, 6.45) is 0.689. The lowest BCUT2D eigenvalue weighted by molar-refractivity contribution is -0.130. The normalized spacial score (nSPS) is 21.0. The Labute approximate surface area is 192 Å². The fourth-order valence-corrected chi connectivity index (χ4v) is 6.58. The van der Waals surface area contributed by atoms with Crippen LogP contribution in [0.15, 0.2) is 29.4 Å². The second-order valence-corrected chi connectivity index (χ2v) is 11.1. The van der Waals surface area contributed by atoms with Crippen LogP contribution >= 0.6 is 11.8 Å². The third-order valence-corrected chi connectivity index (χ3v) is 8.48.